The summed E-state index contributed by atoms with van der Waals surface area (Å²) in [6.45, 7) is 12.8. The van der Waals surface area contributed by atoms with E-state index in [0.29, 0.717) is 6.61 Å². The number of hydrogen-bond acceptors (Lipinski definition) is 7. The van der Waals surface area contributed by atoms with Gasteiger partial charge in [-0.1, -0.05) is 148 Å². The summed E-state index contributed by atoms with van der Waals surface area (Å²) in [5.74, 6) is -0.474. The number of hydrogen-bond donors (Lipinski definition) is 0. The van der Waals surface area contributed by atoms with Crippen molar-refractivity contribution in [2.75, 3.05) is 13.2 Å². The molecule has 4 aromatic carbocycles. The van der Waals surface area contributed by atoms with Crippen LogP contribution in [0.4, 0.5) is 0 Å². The summed E-state index contributed by atoms with van der Waals surface area (Å²) < 4.78 is 39.5. The lowest BCUT2D eigenvalue weighted by atomic mass is 9.98. The van der Waals surface area contributed by atoms with Crippen LogP contribution in [0.1, 0.15) is 38.8 Å². The van der Waals surface area contributed by atoms with Crippen LogP contribution in [-0.2, 0) is 46.1 Å². The van der Waals surface area contributed by atoms with E-state index < -0.39 is 45.0 Å². The highest BCUT2D eigenvalue weighted by atomic mass is 28.4. The largest absolute Gasteiger partial charge is 0.454 e. The van der Waals surface area contributed by atoms with Crippen LogP contribution in [0.25, 0.3) is 0 Å². The van der Waals surface area contributed by atoms with Crippen molar-refractivity contribution < 1.29 is 32.9 Å². The molecular weight excluding hydrogens is 633 g/mol. The maximum Gasteiger partial charge on any atom is 0.303 e. The van der Waals surface area contributed by atoms with E-state index in [9.17, 15) is 4.79 Å². The molecule has 0 bridgehead atoms. The predicted molar refractivity (Wildman–Crippen MR) is 194 cm³/mol. The Morgan fingerprint density at radius 2 is 1.18 bits per heavy atom. The molecule has 5 atom stereocenters. The summed E-state index contributed by atoms with van der Waals surface area (Å²) in [6, 6.07) is 40.8. The average Bonchev–Trinajstić information content (AvgIpc) is 3.11. The fraction of sp³-hybridized carbons (Fsp3) is 0.341. The van der Waals surface area contributed by atoms with E-state index in [-0.39, 0.29) is 24.9 Å². The molecule has 0 N–H and O–H groups in total. The molecule has 0 amide bonds. The normalized spacial score (nSPS) is 21.2. The van der Waals surface area contributed by atoms with Crippen LogP contribution in [0.2, 0.25) is 5.04 Å². The summed E-state index contributed by atoms with van der Waals surface area (Å²) >= 11 is 0. The third-order valence-electron chi connectivity index (χ3n) is 8.72. The van der Waals surface area contributed by atoms with Crippen LogP contribution in [0.3, 0.4) is 0 Å². The van der Waals surface area contributed by atoms with E-state index in [1.54, 1.807) is 6.08 Å². The Hall–Kier alpha value is -3.89. The maximum atomic E-state index is 12.5. The zero-order valence-electron chi connectivity index (χ0n) is 28.9. The van der Waals surface area contributed by atoms with Gasteiger partial charge in [0.05, 0.1) is 26.4 Å². The molecule has 0 spiro atoms. The monoisotopic (exact) mass is 680 g/mol. The Bertz CT molecular complexity index is 1540. The minimum atomic E-state index is -2.95. The molecule has 1 fully saturated rings. The molecule has 4 aromatic rings. The topological polar surface area (TPSA) is 72.5 Å². The van der Waals surface area contributed by atoms with E-state index in [2.05, 4.69) is 75.9 Å². The van der Waals surface area contributed by atoms with Gasteiger partial charge in [-0.3, -0.25) is 4.79 Å². The lowest BCUT2D eigenvalue weighted by Crippen LogP contribution is -2.68. The molecular formula is C41H48O7Si. The van der Waals surface area contributed by atoms with Gasteiger partial charge in [-0.2, -0.15) is 0 Å². The van der Waals surface area contributed by atoms with Gasteiger partial charge in [-0.15, -0.1) is 6.58 Å². The molecule has 1 aliphatic heterocycles. The fourth-order valence-corrected chi connectivity index (χ4v) is 11.1. The van der Waals surface area contributed by atoms with E-state index in [0.717, 1.165) is 21.5 Å². The van der Waals surface area contributed by atoms with Crippen molar-refractivity contribution in [3.63, 3.8) is 0 Å². The Morgan fingerprint density at radius 3 is 1.63 bits per heavy atom. The molecule has 49 heavy (non-hydrogen) atoms. The number of benzene rings is 4. The molecule has 5 rings (SSSR count). The first-order valence-electron chi connectivity index (χ1n) is 16.8. The zero-order valence-corrected chi connectivity index (χ0v) is 29.9. The second kappa shape index (κ2) is 17.2. The van der Waals surface area contributed by atoms with Gasteiger partial charge in [0.25, 0.3) is 8.32 Å². The standard InChI is InChI=1S/C41H48O7Si/c1-6-27-43-40-39(47-31(2)42)38(45-29-33-21-13-8-14-22-33)37(44-28-32-19-11-7-12-20-32)36(48-40)30-46-49(41(3,4)5,34-23-15-9-16-24-34)35-25-17-10-18-26-35/h6-26,36-40H,1,27-30H2,2-5H3/t36-,37-,38+,39+,40+/m1/s1. The molecule has 0 aromatic heterocycles. The Morgan fingerprint density at radius 1 is 0.714 bits per heavy atom. The van der Waals surface area contributed by atoms with Gasteiger partial charge in [0.1, 0.15) is 18.3 Å². The van der Waals surface area contributed by atoms with Crippen molar-refractivity contribution >= 4 is 24.7 Å². The van der Waals surface area contributed by atoms with Crippen LogP contribution in [-0.4, -0.2) is 58.2 Å². The van der Waals surface area contributed by atoms with Crippen molar-refractivity contribution in [2.24, 2.45) is 0 Å². The molecule has 1 saturated heterocycles. The highest BCUT2D eigenvalue weighted by Gasteiger charge is 2.54. The molecule has 0 saturated carbocycles. The third kappa shape index (κ3) is 9.02. The van der Waals surface area contributed by atoms with E-state index >= 15 is 0 Å². The molecule has 0 aliphatic carbocycles. The van der Waals surface area contributed by atoms with E-state index in [4.69, 9.17) is 28.1 Å². The quantitative estimate of drug-likeness (QED) is 0.0797. The van der Waals surface area contributed by atoms with Gasteiger partial charge in [-0.05, 0) is 26.5 Å². The average molecular weight is 681 g/mol. The Labute approximate surface area is 291 Å². The molecule has 7 nitrogen and oxygen atoms in total. The Balaban J connectivity index is 1.57. The van der Waals surface area contributed by atoms with Crippen molar-refractivity contribution in [1.29, 1.82) is 0 Å². The van der Waals surface area contributed by atoms with Crippen LogP contribution >= 0.6 is 0 Å². The van der Waals surface area contributed by atoms with E-state index in [1.807, 2.05) is 72.8 Å². The van der Waals surface area contributed by atoms with Gasteiger partial charge >= 0.3 is 5.97 Å². The minimum Gasteiger partial charge on any atom is -0.454 e. The van der Waals surface area contributed by atoms with E-state index in [1.165, 1.54) is 6.92 Å². The van der Waals surface area contributed by atoms with Gasteiger partial charge < -0.3 is 28.1 Å². The lowest BCUT2D eigenvalue weighted by Gasteiger charge is -2.48. The molecule has 8 heteroatoms. The Kier molecular flexibility index (Phi) is 12.7. The number of carbonyl (C=O) groups excluding carboxylic acids is 1. The van der Waals surface area contributed by atoms with Gasteiger partial charge in [0.2, 0.25) is 0 Å². The van der Waals surface area contributed by atoms with Crippen LogP contribution in [0.15, 0.2) is 134 Å². The van der Waals surface area contributed by atoms with Gasteiger partial charge in [0.15, 0.2) is 12.4 Å². The van der Waals surface area contributed by atoms with Gasteiger partial charge in [0, 0.05) is 6.92 Å². The third-order valence-corrected chi connectivity index (χ3v) is 13.7. The van der Waals surface area contributed by atoms with Crippen molar-refractivity contribution in [2.45, 2.75) is 76.7 Å². The van der Waals surface area contributed by atoms with Crippen LogP contribution in [0.5, 0.6) is 0 Å². The van der Waals surface area contributed by atoms with Crippen LogP contribution < -0.4 is 10.4 Å². The maximum absolute atomic E-state index is 12.5. The smallest absolute Gasteiger partial charge is 0.303 e. The van der Waals surface area contributed by atoms with Crippen molar-refractivity contribution in [1.82, 2.24) is 0 Å². The summed E-state index contributed by atoms with van der Waals surface area (Å²) in [5.41, 5.74) is 1.96. The summed E-state index contributed by atoms with van der Waals surface area (Å²) in [7, 11) is -2.95. The number of esters is 1. The van der Waals surface area contributed by atoms with Crippen molar-refractivity contribution in [3.8, 4) is 0 Å². The highest BCUT2D eigenvalue weighted by Crippen LogP contribution is 2.38. The first-order valence-corrected chi connectivity index (χ1v) is 18.7. The molecule has 258 valence electrons. The summed E-state index contributed by atoms with van der Waals surface area (Å²) in [4.78, 5) is 12.5. The van der Waals surface area contributed by atoms with Crippen molar-refractivity contribution in [3.05, 3.63) is 145 Å². The number of ether oxygens (including phenoxy) is 5. The first-order chi connectivity index (χ1) is 23.7. The SMILES string of the molecule is C=CCO[C@H]1O[C@H](CO[Si](c2ccccc2)(c2ccccc2)C(C)(C)C)[C@@H](OCc2ccccc2)[C@H](OCc2ccccc2)[C@@H]1OC(C)=O. The second-order valence-electron chi connectivity index (χ2n) is 13.2. The number of carbonyl (C=O) groups is 1. The molecule has 0 radical (unpaired) electrons. The molecule has 0 unspecified atom stereocenters. The molecule has 1 heterocycles. The fourth-order valence-electron chi connectivity index (χ4n) is 6.52. The highest BCUT2D eigenvalue weighted by molar-refractivity contribution is 6.99. The summed E-state index contributed by atoms with van der Waals surface area (Å²) in [5, 5.41) is 2.05. The second-order valence-corrected chi connectivity index (χ2v) is 17.5. The van der Waals surface area contributed by atoms with Gasteiger partial charge in [-0.25, -0.2) is 0 Å². The summed E-state index contributed by atoms with van der Waals surface area (Å²) in [6.07, 6.45) is -2.30. The van der Waals surface area contributed by atoms with Crippen LogP contribution in [0, 0.1) is 0 Å². The number of rotatable bonds is 15. The first kappa shape index (κ1) is 36.4. The predicted octanol–water partition coefficient (Wildman–Crippen LogP) is 6.59. The zero-order chi connectivity index (χ0) is 34.7. The minimum absolute atomic E-state index is 0.179. The lowest BCUT2D eigenvalue weighted by molar-refractivity contribution is -0.316. The molecule has 1 aliphatic rings.